The van der Waals surface area contributed by atoms with Gasteiger partial charge in [0.1, 0.15) is 18.1 Å². The van der Waals surface area contributed by atoms with E-state index in [2.05, 4.69) is 4.98 Å². The number of methoxy groups -OCH3 is 4. The van der Waals surface area contributed by atoms with Crippen molar-refractivity contribution in [1.29, 1.82) is 0 Å². The summed E-state index contributed by atoms with van der Waals surface area (Å²) in [6.07, 6.45) is 0. The molecule has 0 aliphatic carbocycles. The summed E-state index contributed by atoms with van der Waals surface area (Å²) in [6.45, 7) is -0.0911. The molecule has 2 aromatic heterocycles. The average molecular weight is 598 g/mol. The number of anilines is 1. The van der Waals surface area contributed by atoms with Crippen molar-refractivity contribution in [3.8, 4) is 39.8 Å². The van der Waals surface area contributed by atoms with Gasteiger partial charge in [-0.25, -0.2) is 4.79 Å². The highest BCUT2D eigenvalue weighted by atomic mass is 16.5. The standard InChI is InChI=1S/C33H31N3O8/c1-40-27-14-19(15-28(41-2)31(27)42-3)29-25-13-12-24(44-18-22-7-5-6-21(17-37)35-22)16-26(25)32(38)36(30(29)33(39)43-4)23-10-8-20(34)9-11-23/h5-16,37H,17-18,34H2,1-4H3. The molecule has 0 aliphatic heterocycles. The second-order valence-electron chi connectivity index (χ2n) is 9.64. The molecule has 5 aromatic rings. The molecule has 11 nitrogen and oxygen atoms in total. The van der Waals surface area contributed by atoms with Gasteiger partial charge in [0.25, 0.3) is 5.56 Å². The van der Waals surface area contributed by atoms with Crippen LogP contribution in [0.25, 0.3) is 27.6 Å². The molecular weight excluding hydrogens is 566 g/mol. The Morgan fingerprint density at radius 3 is 2.16 bits per heavy atom. The number of hydrogen-bond donors (Lipinski definition) is 2. The van der Waals surface area contributed by atoms with Crippen molar-refractivity contribution in [3.63, 3.8) is 0 Å². The van der Waals surface area contributed by atoms with Gasteiger partial charge in [0.05, 0.1) is 51.8 Å². The zero-order valence-electron chi connectivity index (χ0n) is 24.6. The second-order valence-corrected chi connectivity index (χ2v) is 9.64. The van der Waals surface area contributed by atoms with Crippen molar-refractivity contribution in [2.75, 3.05) is 34.2 Å². The highest BCUT2D eigenvalue weighted by molar-refractivity contribution is 6.08. The number of fused-ring (bicyclic) bond motifs is 1. The predicted octanol–water partition coefficient (Wildman–Crippen LogP) is 4.52. The molecule has 0 saturated carbocycles. The molecule has 0 unspecified atom stereocenters. The summed E-state index contributed by atoms with van der Waals surface area (Å²) >= 11 is 0. The molecular formula is C33H31N3O8. The number of aliphatic hydroxyl groups excluding tert-OH is 1. The molecule has 44 heavy (non-hydrogen) atoms. The first-order valence-electron chi connectivity index (χ1n) is 13.5. The van der Waals surface area contributed by atoms with Gasteiger partial charge in [0, 0.05) is 16.9 Å². The molecule has 226 valence electrons. The zero-order valence-corrected chi connectivity index (χ0v) is 24.6. The van der Waals surface area contributed by atoms with Crippen molar-refractivity contribution >= 4 is 22.4 Å². The van der Waals surface area contributed by atoms with Gasteiger partial charge in [0.2, 0.25) is 5.75 Å². The van der Waals surface area contributed by atoms with Gasteiger partial charge < -0.3 is 34.5 Å². The van der Waals surface area contributed by atoms with Crippen molar-refractivity contribution < 1.29 is 33.6 Å². The van der Waals surface area contributed by atoms with E-state index in [-0.39, 0.29) is 24.3 Å². The summed E-state index contributed by atoms with van der Waals surface area (Å²) < 4.78 is 29.2. The number of benzene rings is 3. The van der Waals surface area contributed by atoms with Crippen LogP contribution in [0.2, 0.25) is 0 Å². The summed E-state index contributed by atoms with van der Waals surface area (Å²) in [7, 11) is 5.72. The van der Waals surface area contributed by atoms with Crippen LogP contribution in [0.1, 0.15) is 21.9 Å². The molecule has 0 atom stereocenters. The number of pyridine rings is 2. The lowest BCUT2D eigenvalue weighted by atomic mass is 9.95. The van der Waals surface area contributed by atoms with Gasteiger partial charge in [0.15, 0.2) is 11.5 Å². The predicted molar refractivity (Wildman–Crippen MR) is 165 cm³/mol. The Kier molecular flexibility index (Phi) is 8.68. The molecule has 3 aromatic carbocycles. The number of aromatic nitrogens is 2. The Balaban J connectivity index is 1.81. The van der Waals surface area contributed by atoms with Gasteiger partial charge >= 0.3 is 5.97 Å². The summed E-state index contributed by atoms with van der Waals surface area (Å²) in [5.41, 5.74) is 8.35. The number of hydrogen-bond acceptors (Lipinski definition) is 10. The first kappa shape index (κ1) is 29.9. The number of nitrogens with zero attached hydrogens (tertiary/aromatic N) is 2. The fourth-order valence-corrected chi connectivity index (χ4v) is 5.00. The smallest absolute Gasteiger partial charge is 0.355 e. The Bertz CT molecular complexity index is 1880. The fraction of sp³-hybridized carbons (Fsp3) is 0.182. The van der Waals surface area contributed by atoms with Crippen LogP contribution in [0.4, 0.5) is 5.69 Å². The molecule has 11 heteroatoms. The minimum Gasteiger partial charge on any atom is -0.493 e. The molecule has 3 N–H and O–H groups in total. The minimum atomic E-state index is -0.736. The normalized spacial score (nSPS) is 10.8. The highest BCUT2D eigenvalue weighted by Crippen LogP contribution is 2.44. The zero-order chi connectivity index (χ0) is 31.4. The largest absolute Gasteiger partial charge is 0.493 e. The van der Waals surface area contributed by atoms with E-state index in [1.807, 2.05) is 0 Å². The molecule has 0 bridgehead atoms. The first-order valence-corrected chi connectivity index (χ1v) is 13.5. The summed E-state index contributed by atoms with van der Waals surface area (Å²) in [4.78, 5) is 32.1. The number of ether oxygens (including phenoxy) is 5. The third kappa shape index (κ3) is 5.60. The maximum Gasteiger partial charge on any atom is 0.355 e. The van der Waals surface area contributed by atoms with Crippen LogP contribution in [0, 0.1) is 0 Å². The number of carbonyl (C=O) groups excluding carboxylic acids is 1. The SMILES string of the molecule is COC(=O)c1c(-c2cc(OC)c(OC)c(OC)c2)c2ccc(OCc3cccc(CO)n3)cc2c(=O)n1-c1ccc(N)cc1. The van der Waals surface area contributed by atoms with E-state index in [0.717, 1.165) is 0 Å². The van der Waals surface area contributed by atoms with E-state index in [9.17, 15) is 14.7 Å². The Labute approximate surface area is 253 Å². The molecule has 5 rings (SSSR count). The van der Waals surface area contributed by atoms with Gasteiger partial charge in [-0.1, -0.05) is 6.07 Å². The van der Waals surface area contributed by atoms with Crippen LogP contribution in [0.5, 0.6) is 23.0 Å². The number of nitrogens with two attached hydrogens (primary N) is 1. The average Bonchev–Trinajstić information content (AvgIpc) is 3.06. The third-order valence-corrected chi connectivity index (χ3v) is 7.05. The van der Waals surface area contributed by atoms with Gasteiger partial charge in [-0.05, 0) is 77.7 Å². The van der Waals surface area contributed by atoms with Gasteiger partial charge in [-0.15, -0.1) is 0 Å². The Hall–Kier alpha value is -5.55. The second kappa shape index (κ2) is 12.8. The maximum atomic E-state index is 14.3. The molecule has 0 radical (unpaired) electrons. The highest BCUT2D eigenvalue weighted by Gasteiger charge is 2.27. The molecule has 0 spiro atoms. The molecule has 0 aliphatic rings. The summed E-state index contributed by atoms with van der Waals surface area (Å²) in [6, 6.07) is 20.3. The Morgan fingerprint density at radius 1 is 0.864 bits per heavy atom. The van der Waals surface area contributed by atoms with Crippen LogP contribution >= 0.6 is 0 Å². The summed E-state index contributed by atoms with van der Waals surface area (Å²) in [5.74, 6) is 0.738. The van der Waals surface area contributed by atoms with Crippen LogP contribution in [0.15, 0.2) is 77.6 Å². The van der Waals surface area contributed by atoms with Crippen molar-refractivity contribution in [1.82, 2.24) is 9.55 Å². The van der Waals surface area contributed by atoms with E-state index in [1.54, 1.807) is 72.8 Å². The van der Waals surface area contributed by atoms with E-state index >= 15 is 0 Å². The van der Waals surface area contributed by atoms with Crippen LogP contribution in [-0.4, -0.2) is 49.1 Å². The number of carbonyl (C=O) groups is 1. The topological polar surface area (TPSA) is 144 Å². The lowest BCUT2D eigenvalue weighted by Crippen LogP contribution is -2.27. The van der Waals surface area contributed by atoms with E-state index < -0.39 is 11.5 Å². The Morgan fingerprint density at radius 2 is 1.55 bits per heavy atom. The van der Waals surface area contributed by atoms with Gasteiger partial charge in [-0.2, -0.15) is 0 Å². The van der Waals surface area contributed by atoms with Gasteiger partial charge in [-0.3, -0.25) is 14.3 Å². The quantitative estimate of drug-likeness (QED) is 0.174. The van der Waals surface area contributed by atoms with Crippen LogP contribution in [0.3, 0.4) is 0 Å². The third-order valence-electron chi connectivity index (χ3n) is 7.05. The number of aliphatic hydroxyl groups is 1. The maximum absolute atomic E-state index is 14.3. The minimum absolute atomic E-state index is 0.0114. The lowest BCUT2D eigenvalue weighted by Gasteiger charge is -2.21. The molecule has 0 saturated heterocycles. The van der Waals surface area contributed by atoms with Crippen LogP contribution < -0.4 is 30.2 Å². The number of nitrogen functional groups attached to an aromatic ring is 1. The van der Waals surface area contributed by atoms with E-state index in [4.69, 9.17) is 29.4 Å². The van der Waals surface area contributed by atoms with Crippen LogP contribution in [-0.2, 0) is 18.0 Å². The molecule has 2 heterocycles. The lowest BCUT2D eigenvalue weighted by molar-refractivity contribution is 0.0591. The van der Waals surface area contributed by atoms with E-state index in [1.165, 1.54) is 33.0 Å². The number of rotatable bonds is 10. The van der Waals surface area contributed by atoms with Crippen molar-refractivity contribution in [2.24, 2.45) is 0 Å². The van der Waals surface area contributed by atoms with Crippen molar-refractivity contribution in [2.45, 2.75) is 13.2 Å². The monoisotopic (exact) mass is 597 g/mol. The summed E-state index contributed by atoms with van der Waals surface area (Å²) in [5, 5.41) is 10.2. The fourth-order valence-electron chi connectivity index (χ4n) is 5.00. The molecule has 0 amide bonds. The molecule has 0 fully saturated rings. The number of esters is 1. The van der Waals surface area contributed by atoms with E-state index in [0.29, 0.717) is 62.3 Å². The first-order chi connectivity index (χ1) is 21.3. The van der Waals surface area contributed by atoms with Crippen molar-refractivity contribution in [3.05, 3.63) is 100 Å².